The molecule has 5 fully saturated rings. The number of carbonyl (C=O) groups is 1. The predicted molar refractivity (Wildman–Crippen MR) is 124 cm³/mol. The first-order valence-corrected chi connectivity index (χ1v) is 13.1. The highest BCUT2D eigenvalue weighted by atomic mass is 127. The van der Waals surface area contributed by atoms with E-state index in [0.29, 0.717) is 0 Å². The molecule has 2 saturated carbocycles. The Labute approximate surface area is 202 Å². The van der Waals surface area contributed by atoms with Crippen LogP contribution in [-0.2, 0) is 28.5 Å². The molecule has 2 spiro atoms. The second kappa shape index (κ2) is 8.46. The van der Waals surface area contributed by atoms with Gasteiger partial charge in [-0.1, -0.05) is 25.0 Å². The van der Waals surface area contributed by atoms with Crippen LogP contribution in [0.2, 0.25) is 0 Å². The average molecular weight is 555 g/mol. The van der Waals surface area contributed by atoms with Gasteiger partial charge in [0.05, 0.1) is 5.69 Å². The number of fused-ring (bicyclic) bond motifs is 3. The zero-order valence-electron chi connectivity index (χ0n) is 18.1. The highest BCUT2D eigenvalue weighted by molar-refractivity contribution is 14.1. The highest BCUT2D eigenvalue weighted by Crippen LogP contribution is 2.51. The minimum absolute atomic E-state index is 0.229. The summed E-state index contributed by atoms with van der Waals surface area (Å²) >= 11 is 2.22. The van der Waals surface area contributed by atoms with Crippen LogP contribution in [0.1, 0.15) is 64.2 Å². The quantitative estimate of drug-likeness (QED) is 0.543. The molecule has 1 N–H and O–H groups in total. The molecule has 8 heteroatoms. The SMILES string of the molecule is O=C(Nc1ccccc1I)[C@@H]1O[C@@H]2OC3(CCCCC3)O[C@@H]2[C@H]2OC3(CCCCC3)O[C@@H]21. The Balaban J connectivity index is 1.28. The van der Waals surface area contributed by atoms with Gasteiger partial charge in [-0.2, -0.15) is 0 Å². The monoisotopic (exact) mass is 555 g/mol. The maximum absolute atomic E-state index is 13.4. The average Bonchev–Trinajstić information content (AvgIpc) is 3.33. The molecule has 0 bridgehead atoms. The van der Waals surface area contributed by atoms with Crippen LogP contribution >= 0.6 is 22.6 Å². The topological polar surface area (TPSA) is 75.3 Å². The fourth-order valence-electron chi connectivity index (χ4n) is 5.93. The second-order valence-electron chi connectivity index (χ2n) is 9.70. The van der Waals surface area contributed by atoms with E-state index < -0.39 is 30.1 Å². The van der Waals surface area contributed by atoms with Gasteiger partial charge in [0.15, 0.2) is 24.0 Å². The van der Waals surface area contributed by atoms with E-state index in [1.807, 2.05) is 24.3 Å². The molecule has 32 heavy (non-hydrogen) atoms. The largest absolute Gasteiger partial charge is 0.341 e. The summed E-state index contributed by atoms with van der Waals surface area (Å²) in [5.41, 5.74) is 0.763. The lowest BCUT2D eigenvalue weighted by atomic mass is 9.94. The third kappa shape index (κ3) is 3.80. The molecule has 174 valence electrons. The van der Waals surface area contributed by atoms with Crippen molar-refractivity contribution < 1.29 is 28.5 Å². The number of carbonyl (C=O) groups excluding carboxylic acids is 1. The Hall–Kier alpha value is -0.780. The molecule has 1 amide bonds. The molecular weight excluding hydrogens is 525 g/mol. The number of amides is 1. The fourth-order valence-corrected chi connectivity index (χ4v) is 6.46. The maximum Gasteiger partial charge on any atom is 0.256 e. The van der Waals surface area contributed by atoms with E-state index in [-0.39, 0.29) is 18.1 Å². The molecule has 1 aromatic carbocycles. The Morgan fingerprint density at radius 3 is 2.09 bits per heavy atom. The molecule has 7 nitrogen and oxygen atoms in total. The zero-order valence-corrected chi connectivity index (χ0v) is 20.3. The van der Waals surface area contributed by atoms with E-state index in [1.165, 1.54) is 12.8 Å². The number of ether oxygens (including phenoxy) is 5. The summed E-state index contributed by atoms with van der Waals surface area (Å²) in [5.74, 6) is -1.49. The van der Waals surface area contributed by atoms with E-state index in [1.54, 1.807) is 0 Å². The number of nitrogens with one attached hydrogen (secondary N) is 1. The van der Waals surface area contributed by atoms with Gasteiger partial charge >= 0.3 is 0 Å². The molecule has 3 heterocycles. The normalized spacial score (nSPS) is 37.2. The number of benzene rings is 1. The van der Waals surface area contributed by atoms with Crippen LogP contribution in [0.3, 0.4) is 0 Å². The minimum Gasteiger partial charge on any atom is -0.341 e. The second-order valence-corrected chi connectivity index (χ2v) is 10.9. The predicted octanol–water partition coefficient (Wildman–Crippen LogP) is 4.47. The number of rotatable bonds is 2. The van der Waals surface area contributed by atoms with Crippen molar-refractivity contribution in [2.75, 3.05) is 5.32 Å². The smallest absolute Gasteiger partial charge is 0.256 e. The Morgan fingerprint density at radius 2 is 1.41 bits per heavy atom. The van der Waals surface area contributed by atoms with Crippen LogP contribution in [0.25, 0.3) is 0 Å². The van der Waals surface area contributed by atoms with Gasteiger partial charge in [0.1, 0.15) is 18.3 Å². The highest BCUT2D eigenvalue weighted by Gasteiger charge is 2.65. The van der Waals surface area contributed by atoms with Crippen molar-refractivity contribution in [2.24, 2.45) is 0 Å². The molecule has 0 radical (unpaired) electrons. The summed E-state index contributed by atoms with van der Waals surface area (Å²) in [6.45, 7) is 0. The van der Waals surface area contributed by atoms with Crippen LogP contribution in [0, 0.1) is 3.57 Å². The van der Waals surface area contributed by atoms with Crippen molar-refractivity contribution in [3.05, 3.63) is 27.8 Å². The molecular formula is C24H30INO6. The maximum atomic E-state index is 13.4. The van der Waals surface area contributed by atoms with Crippen LogP contribution in [-0.4, -0.2) is 48.2 Å². The summed E-state index contributed by atoms with van der Waals surface area (Å²) in [4.78, 5) is 13.4. The lowest BCUT2D eigenvalue weighted by Crippen LogP contribution is -2.58. The molecule has 5 aliphatic rings. The van der Waals surface area contributed by atoms with Gasteiger partial charge in [-0.05, 0) is 60.4 Å². The molecule has 1 aromatic rings. The van der Waals surface area contributed by atoms with Gasteiger partial charge in [-0.25, -0.2) is 0 Å². The van der Waals surface area contributed by atoms with E-state index >= 15 is 0 Å². The van der Waals surface area contributed by atoms with Crippen molar-refractivity contribution in [1.82, 2.24) is 0 Å². The number of halogens is 1. The number of hydrogen-bond donors (Lipinski definition) is 1. The van der Waals surface area contributed by atoms with Gasteiger partial charge in [-0.3, -0.25) is 4.79 Å². The third-order valence-electron chi connectivity index (χ3n) is 7.50. The summed E-state index contributed by atoms with van der Waals surface area (Å²) in [6, 6.07) is 7.71. The molecule has 2 aliphatic carbocycles. The van der Waals surface area contributed by atoms with Gasteiger partial charge < -0.3 is 29.0 Å². The van der Waals surface area contributed by atoms with Crippen LogP contribution in [0.4, 0.5) is 5.69 Å². The Bertz CT molecular complexity index is 868. The fraction of sp³-hybridized carbons (Fsp3) is 0.708. The van der Waals surface area contributed by atoms with Crippen molar-refractivity contribution in [3.63, 3.8) is 0 Å². The first-order valence-electron chi connectivity index (χ1n) is 12.0. The molecule has 5 atom stereocenters. The minimum atomic E-state index is -0.819. The molecule has 3 saturated heterocycles. The van der Waals surface area contributed by atoms with Gasteiger partial charge in [0.2, 0.25) is 0 Å². The van der Waals surface area contributed by atoms with Gasteiger partial charge in [-0.15, -0.1) is 0 Å². The van der Waals surface area contributed by atoms with Crippen LogP contribution in [0.5, 0.6) is 0 Å². The molecule has 0 unspecified atom stereocenters. The number of hydrogen-bond acceptors (Lipinski definition) is 6. The van der Waals surface area contributed by atoms with E-state index in [0.717, 1.165) is 60.6 Å². The van der Waals surface area contributed by atoms with E-state index in [2.05, 4.69) is 27.9 Å². The van der Waals surface area contributed by atoms with Crippen LogP contribution in [0.15, 0.2) is 24.3 Å². The van der Waals surface area contributed by atoms with E-state index in [4.69, 9.17) is 23.7 Å². The van der Waals surface area contributed by atoms with Gasteiger partial charge in [0.25, 0.3) is 5.91 Å². The first kappa shape index (κ1) is 21.7. The molecule has 3 aliphatic heterocycles. The summed E-state index contributed by atoms with van der Waals surface area (Å²) in [6.07, 6.45) is 7.34. The summed E-state index contributed by atoms with van der Waals surface area (Å²) in [5, 5.41) is 3.03. The number of para-hydroxylation sites is 1. The van der Waals surface area contributed by atoms with E-state index in [9.17, 15) is 4.79 Å². The van der Waals surface area contributed by atoms with Gasteiger partial charge in [0, 0.05) is 29.3 Å². The third-order valence-corrected chi connectivity index (χ3v) is 8.44. The summed E-state index contributed by atoms with van der Waals surface area (Å²) < 4.78 is 33.3. The first-order chi connectivity index (χ1) is 15.6. The Morgan fingerprint density at radius 1 is 0.812 bits per heavy atom. The standard InChI is InChI=1S/C24H30INO6/c25-15-9-3-4-10-16(15)26-21(27)19-17-18(30-23(29-17)11-5-1-6-12-23)20-22(28-19)32-24(31-20)13-7-2-8-14-24/h3-4,9-10,17-20,22H,1-2,5-8,11-14H2,(H,26,27)/t17-,18-,19+,20+,22+/m0/s1. The lowest BCUT2D eigenvalue weighted by Gasteiger charge is -2.36. The van der Waals surface area contributed by atoms with Crippen molar-refractivity contribution in [1.29, 1.82) is 0 Å². The lowest BCUT2D eigenvalue weighted by molar-refractivity contribution is -0.246. The Kier molecular flexibility index (Phi) is 5.75. The van der Waals surface area contributed by atoms with Crippen molar-refractivity contribution >= 4 is 34.2 Å². The molecule has 0 aromatic heterocycles. The molecule has 6 rings (SSSR count). The van der Waals surface area contributed by atoms with Crippen molar-refractivity contribution in [3.8, 4) is 0 Å². The van der Waals surface area contributed by atoms with Crippen molar-refractivity contribution in [2.45, 2.75) is 106 Å². The number of anilines is 1. The summed E-state index contributed by atoms with van der Waals surface area (Å²) in [7, 11) is 0. The van der Waals surface area contributed by atoms with Crippen LogP contribution < -0.4 is 5.32 Å². The zero-order chi connectivity index (χ0) is 21.8.